The number of anilines is 1. The smallest absolute Gasteiger partial charge is 0.205 e. The predicted molar refractivity (Wildman–Crippen MR) is 50.6 cm³/mol. The summed E-state index contributed by atoms with van der Waals surface area (Å²) in [4.78, 5) is 6.42. The van der Waals surface area contributed by atoms with Crippen LogP contribution in [-0.4, -0.2) is 34.4 Å². The van der Waals surface area contributed by atoms with E-state index in [2.05, 4.69) is 16.8 Å². The maximum Gasteiger partial charge on any atom is 0.205 e. The van der Waals surface area contributed by atoms with E-state index in [1.54, 1.807) is 6.20 Å². The second kappa shape index (κ2) is 2.73. The average molecular weight is 181 g/mol. The van der Waals surface area contributed by atoms with Crippen molar-refractivity contribution in [3.8, 4) is 0 Å². The van der Waals surface area contributed by atoms with Gasteiger partial charge in [-0.15, -0.1) is 0 Å². The van der Waals surface area contributed by atoms with Crippen molar-refractivity contribution in [2.75, 3.05) is 24.6 Å². The summed E-state index contributed by atoms with van der Waals surface area (Å²) < 4.78 is 2.00. The van der Waals surface area contributed by atoms with Crippen molar-refractivity contribution in [1.29, 1.82) is 0 Å². The number of aliphatic hydroxyl groups excluding tert-OH is 1. The number of imidazole rings is 1. The van der Waals surface area contributed by atoms with Gasteiger partial charge in [0, 0.05) is 37.9 Å². The molecule has 1 aliphatic rings. The topological polar surface area (TPSA) is 41.3 Å². The van der Waals surface area contributed by atoms with Gasteiger partial charge in [0.25, 0.3) is 0 Å². The first-order chi connectivity index (χ1) is 6.14. The van der Waals surface area contributed by atoms with Gasteiger partial charge in [-0.3, -0.25) is 0 Å². The van der Waals surface area contributed by atoms with Crippen molar-refractivity contribution < 1.29 is 5.11 Å². The molecule has 72 valence electrons. The molecule has 1 fully saturated rings. The van der Waals surface area contributed by atoms with Gasteiger partial charge in [0.2, 0.25) is 5.95 Å². The lowest BCUT2D eigenvalue weighted by molar-refractivity contribution is 0.109. The van der Waals surface area contributed by atoms with Crippen LogP contribution in [0.5, 0.6) is 0 Å². The van der Waals surface area contributed by atoms with Crippen LogP contribution in [0.3, 0.4) is 0 Å². The average Bonchev–Trinajstić information content (AvgIpc) is 2.46. The molecule has 0 radical (unpaired) electrons. The summed E-state index contributed by atoms with van der Waals surface area (Å²) in [6.07, 6.45) is 3.73. The molecule has 13 heavy (non-hydrogen) atoms. The molecule has 0 bridgehead atoms. The van der Waals surface area contributed by atoms with Crippen molar-refractivity contribution >= 4 is 5.95 Å². The molecule has 0 saturated carbocycles. The van der Waals surface area contributed by atoms with E-state index >= 15 is 0 Å². The third-order valence-electron chi connectivity index (χ3n) is 2.61. The Morgan fingerprint density at radius 3 is 2.77 bits per heavy atom. The number of aliphatic hydroxyl groups is 1. The molecule has 0 atom stereocenters. The fourth-order valence-corrected chi connectivity index (χ4v) is 1.78. The summed E-state index contributed by atoms with van der Waals surface area (Å²) in [6.45, 7) is 4.14. The fraction of sp³-hybridized carbons (Fsp3) is 0.667. The Morgan fingerprint density at radius 1 is 1.62 bits per heavy atom. The third kappa shape index (κ3) is 1.31. The lowest BCUT2D eigenvalue weighted by Crippen LogP contribution is -2.57. The monoisotopic (exact) mass is 181 g/mol. The largest absolute Gasteiger partial charge is 0.396 e. The summed E-state index contributed by atoms with van der Waals surface area (Å²) in [5.74, 6) is 0.992. The van der Waals surface area contributed by atoms with Crippen molar-refractivity contribution in [1.82, 2.24) is 9.55 Å². The van der Waals surface area contributed by atoms with E-state index in [1.165, 1.54) is 0 Å². The Morgan fingerprint density at radius 2 is 2.31 bits per heavy atom. The van der Waals surface area contributed by atoms with Crippen molar-refractivity contribution in [2.24, 2.45) is 12.5 Å². The zero-order chi connectivity index (χ0) is 9.47. The second-order valence-corrected chi connectivity index (χ2v) is 4.16. The normalized spacial score (nSPS) is 20.1. The van der Waals surface area contributed by atoms with E-state index in [-0.39, 0.29) is 12.0 Å². The van der Waals surface area contributed by atoms with Gasteiger partial charge in [0.05, 0.1) is 6.61 Å². The molecule has 4 heteroatoms. The Bertz CT molecular complexity index is 302. The van der Waals surface area contributed by atoms with E-state index in [1.807, 2.05) is 17.8 Å². The number of aryl methyl sites for hydroxylation is 1. The first kappa shape index (κ1) is 8.56. The lowest BCUT2D eigenvalue weighted by Gasteiger charge is -2.47. The minimum atomic E-state index is 0.0753. The van der Waals surface area contributed by atoms with Crippen LogP contribution < -0.4 is 4.90 Å². The number of hydrogen-bond acceptors (Lipinski definition) is 3. The standard InChI is InChI=1S/C9H15N3O/c1-9(7-13)5-12(6-9)8-10-3-4-11(8)2/h3-4,13H,5-7H2,1-2H3. The quantitative estimate of drug-likeness (QED) is 0.710. The molecule has 4 nitrogen and oxygen atoms in total. The van der Waals surface area contributed by atoms with E-state index in [4.69, 9.17) is 5.11 Å². The highest BCUT2D eigenvalue weighted by Crippen LogP contribution is 2.32. The Kier molecular flexibility index (Phi) is 1.80. The molecule has 1 saturated heterocycles. The molecule has 0 amide bonds. The van der Waals surface area contributed by atoms with Gasteiger partial charge in [0.15, 0.2) is 0 Å². The molecule has 1 aromatic rings. The van der Waals surface area contributed by atoms with Crippen LogP contribution in [0, 0.1) is 5.41 Å². The summed E-state index contributed by atoms with van der Waals surface area (Å²) in [5, 5.41) is 9.08. The maximum absolute atomic E-state index is 9.08. The molecule has 2 rings (SSSR count). The molecule has 0 aromatic carbocycles. The van der Waals surface area contributed by atoms with Crippen LogP contribution in [0.4, 0.5) is 5.95 Å². The summed E-state index contributed by atoms with van der Waals surface area (Å²) >= 11 is 0. The second-order valence-electron chi connectivity index (χ2n) is 4.16. The molecule has 1 aliphatic heterocycles. The molecule has 2 heterocycles. The molecule has 0 aliphatic carbocycles. The number of hydrogen-bond donors (Lipinski definition) is 1. The van der Waals surface area contributed by atoms with Crippen LogP contribution in [-0.2, 0) is 7.05 Å². The van der Waals surface area contributed by atoms with Gasteiger partial charge >= 0.3 is 0 Å². The predicted octanol–water partition coefficient (Wildman–Crippen LogP) is 0.239. The molecular weight excluding hydrogens is 166 g/mol. The van der Waals surface area contributed by atoms with Crippen molar-refractivity contribution in [3.05, 3.63) is 12.4 Å². The highest BCUT2D eigenvalue weighted by molar-refractivity contribution is 5.36. The molecule has 1 aromatic heterocycles. The SMILES string of the molecule is Cn1ccnc1N1CC(C)(CO)C1. The molecule has 1 N–H and O–H groups in total. The third-order valence-corrected chi connectivity index (χ3v) is 2.61. The number of nitrogens with zero attached hydrogens (tertiary/aromatic N) is 3. The molecule has 0 spiro atoms. The maximum atomic E-state index is 9.08. The Hall–Kier alpha value is -1.03. The van der Waals surface area contributed by atoms with Gasteiger partial charge in [-0.05, 0) is 0 Å². The number of aromatic nitrogens is 2. The highest BCUT2D eigenvalue weighted by Gasteiger charge is 2.39. The molecule has 0 unspecified atom stereocenters. The van der Waals surface area contributed by atoms with Crippen molar-refractivity contribution in [2.45, 2.75) is 6.92 Å². The van der Waals surface area contributed by atoms with E-state index < -0.39 is 0 Å². The summed E-state index contributed by atoms with van der Waals surface area (Å²) in [5.41, 5.74) is 0.0753. The van der Waals surface area contributed by atoms with Crippen LogP contribution in [0.15, 0.2) is 12.4 Å². The minimum absolute atomic E-state index is 0.0753. The van der Waals surface area contributed by atoms with Gasteiger partial charge in [-0.1, -0.05) is 6.92 Å². The lowest BCUT2D eigenvalue weighted by atomic mass is 9.83. The fourth-order valence-electron chi connectivity index (χ4n) is 1.78. The zero-order valence-electron chi connectivity index (χ0n) is 8.06. The van der Waals surface area contributed by atoms with Crippen LogP contribution >= 0.6 is 0 Å². The Labute approximate surface area is 77.8 Å². The van der Waals surface area contributed by atoms with Gasteiger partial charge in [-0.25, -0.2) is 4.98 Å². The Balaban J connectivity index is 2.05. The van der Waals surface area contributed by atoms with E-state index in [0.29, 0.717) is 0 Å². The van der Waals surface area contributed by atoms with E-state index in [0.717, 1.165) is 19.0 Å². The van der Waals surface area contributed by atoms with E-state index in [9.17, 15) is 0 Å². The summed E-state index contributed by atoms with van der Waals surface area (Å²) in [6, 6.07) is 0. The van der Waals surface area contributed by atoms with Crippen LogP contribution in [0.2, 0.25) is 0 Å². The van der Waals surface area contributed by atoms with Gasteiger partial charge < -0.3 is 14.6 Å². The van der Waals surface area contributed by atoms with Gasteiger partial charge in [0.1, 0.15) is 0 Å². The first-order valence-electron chi connectivity index (χ1n) is 4.48. The minimum Gasteiger partial charge on any atom is -0.396 e. The summed E-state index contributed by atoms with van der Waals surface area (Å²) in [7, 11) is 1.98. The highest BCUT2D eigenvalue weighted by atomic mass is 16.3. The first-order valence-corrected chi connectivity index (χ1v) is 4.48. The van der Waals surface area contributed by atoms with Crippen LogP contribution in [0.25, 0.3) is 0 Å². The zero-order valence-corrected chi connectivity index (χ0v) is 8.06. The molecular formula is C9H15N3O. The van der Waals surface area contributed by atoms with Crippen LogP contribution in [0.1, 0.15) is 6.92 Å². The van der Waals surface area contributed by atoms with Gasteiger partial charge in [-0.2, -0.15) is 0 Å². The number of rotatable bonds is 2. The van der Waals surface area contributed by atoms with Crippen molar-refractivity contribution in [3.63, 3.8) is 0 Å².